The predicted molar refractivity (Wildman–Crippen MR) is 107 cm³/mol. The average Bonchev–Trinajstić information content (AvgIpc) is 3.14. The van der Waals surface area contributed by atoms with E-state index < -0.39 is 20.9 Å². The SMILES string of the molecule is Cc1ccc(S(=O)(=O)Nc2ccc(NC(=O)c3ccc([N+](=O)[O-])s3)cc2)cc1. The molecule has 8 nitrogen and oxygen atoms in total. The number of carbonyl (C=O) groups excluding carboxylic acids is 1. The fraction of sp³-hybridized carbons (Fsp3) is 0.0556. The summed E-state index contributed by atoms with van der Waals surface area (Å²) in [5.74, 6) is -0.480. The van der Waals surface area contributed by atoms with E-state index in [4.69, 9.17) is 0 Å². The number of amides is 1. The second-order valence-electron chi connectivity index (χ2n) is 5.85. The summed E-state index contributed by atoms with van der Waals surface area (Å²) in [6.45, 7) is 1.87. The molecule has 1 aromatic heterocycles. The molecule has 0 aliphatic carbocycles. The first-order valence-electron chi connectivity index (χ1n) is 8.00. The van der Waals surface area contributed by atoms with Gasteiger partial charge in [0.25, 0.3) is 15.9 Å². The first kappa shape index (κ1) is 19.5. The van der Waals surface area contributed by atoms with E-state index in [2.05, 4.69) is 10.0 Å². The van der Waals surface area contributed by atoms with Crippen molar-refractivity contribution in [2.75, 3.05) is 10.0 Å². The normalized spacial score (nSPS) is 11.0. The number of aryl methyl sites for hydroxylation is 1. The van der Waals surface area contributed by atoms with Crippen molar-refractivity contribution in [3.63, 3.8) is 0 Å². The fourth-order valence-corrected chi connectivity index (χ4v) is 4.07. The molecule has 0 fully saturated rings. The van der Waals surface area contributed by atoms with Crippen LogP contribution in [0.4, 0.5) is 16.4 Å². The molecule has 0 unspecified atom stereocenters. The summed E-state index contributed by atoms with van der Waals surface area (Å²) < 4.78 is 27.2. The van der Waals surface area contributed by atoms with Crippen molar-refractivity contribution in [1.82, 2.24) is 0 Å². The van der Waals surface area contributed by atoms with Crippen LogP contribution in [0.1, 0.15) is 15.2 Å². The lowest BCUT2D eigenvalue weighted by molar-refractivity contribution is -0.380. The monoisotopic (exact) mass is 417 g/mol. The van der Waals surface area contributed by atoms with E-state index in [1.54, 1.807) is 12.1 Å². The number of nitro groups is 1. The second-order valence-corrected chi connectivity index (χ2v) is 8.59. The highest BCUT2D eigenvalue weighted by Gasteiger charge is 2.16. The number of anilines is 2. The maximum atomic E-state index is 12.4. The summed E-state index contributed by atoms with van der Waals surface area (Å²) in [6, 6.07) is 15.2. The summed E-state index contributed by atoms with van der Waals surface area (Å²) in [5.41, 5.74) is 1.72. The molecular weight excluding hydrogens is 402 g/mol. The Bertz CT molecular complexity index is 1120. The third kappa shape index (κ3) is 4.53. The Balaban J connectivity index is 1.68. The molecule has 10 heteroatoms. The molecular formula is C18H15N3O5S2. The van der Waals surface area contributed by atoms with E-state index in [0.717, 1.165) is 16.9 Å². The van der Waals surface area contributed by atoms with Crippen molar-refractivity contribution < 1.29 is 18.1 Å². The number of thiophene rings is 1. The second kappa shape index (κ2) is 7.79. The number of hydrogen-bond donors (Lipinski definition) is 2. The first-order chi connectivity index (χ1) is 13.2. The van der Waals surface area contributed by atoms with Crippen molar-refractivity contribution in [2.45, 2.75) is 11.8 Å². The van der Waals surface area contributed by atoms with E-state index >= 15 is 0 Å². The van der Waals surface area contributed by atoms with Crippen LogP contribution in [0, 0.1) is 17.0 Å². The molecule has 0 saturated heterocycles. The van der Waals surface area contributed by atoms with E-state index in [0.29, 0.717) is 11.4 Å². The van der Waals surface area contributed by atoms with Crippen LogP contribution in [0.5, 0.6) is 0 Å². The molecule has 3 aromatic rings. The zero-order valence-electron chi connectivity index (χ0n) is 14.6. The van der Waals surface area contributed by atoms with E-state index in [1.807, 2.05) is 6.92 Å². The van der Waals surface area contributed by atoms with Gasteiger partial charge >= 0.3 is 5.00 Å². The van der Waals surface area contributed by atoms with Gasteiger partial charge in [0.05, 0.1) is 14.7 Å². The molecule has 2 aromatic carbocycles. The fourth-order valence-electron chi connectivity index (χ4n) is 2.29. The summed E-state index contributed by atoms with van der Waals surface area (Å²) in [5, 5.41) is 13.2. The average molecular weight is 417 g/mol. The largest absolute Gasteiger partial charge is 0.324 e. The van der Waals surface area contributed by atoms with Crippen LogP contribution < -0.4 is 10.0 Å². The van der Waals surface area contributed by atoms with Crippen LogP contribution in [0.2, 0.25) is 0 Å². The van der Waals surface area contributed by atoms with Gasteiger partial charge in [-0.1, -0.05) is 29.0 Å². The van der Waals surface area contributed by atoms with Crippen LogP contribution in [-0.2, 0) is 10.0 Å². The summed E-state index contributed by atoms with van der Waals surface area (Å²) in [4.78, 5) is 22.6. The van der Waals surface area contributed by atoms with E-state index in [1.165, 1.54) is 48.5 Å². The molecule has 144 valence electrons. The van der Waals surface area contributed by atoms with Gasteiger partial charge in [-0.05, 0) is 49.4 Å². The lowest BCUT2D eigenvalue weighted by Crippen LogP contribution is -2.13. The molecule has 0 aliphatic rings. The van der Waals surface area contributed by atoms with Crippen LogP contribution in [0.25, 0.3) is 0 Å². The number of sulfonamides is 1. The lowest BCUT2D eigenvalue weighted by atomic mass is 10.2. The molecule has 2 N–H and O–H groups in total. The molecule has 1 heterocycles. The number of carbonyl (C=O) groups is 1. The third-order valence-corrected chi connectivity index (χ3v) is 6.15. The summed E-state index contributed by atoms with van der Waals surface area (Å²) >= 11 is 0.775. The first-order valence-corrected chi connectivity index (χ1v) is 10.3. The Morgan fingerprint density at radius 2 is 1.57 bits per heavy atom. The molecule has 0 radical (unpaired) electrons. The van der Waals surface area contributed by atoms with Gasteiger partial charge in [0.15, 0.2) is 0 Å². The van der Waals surface area contributed by atoms with Gasteiger partial charge in [-0.3, -0.25) is 19.6 Å². The molecule has 0 saturated carbocycles. The number of nitrogens with one attached hydrogen (secondary N) is 2. The van der Waals surface area contributed by atoms with Gasteiger partial charge in [0.2, 0.25) is 0 Å². The Labute approximate surface area is 165 Å². The van der Waals surface area contributed by atoms with Gasteiger partial charge in [0.1, 0.15) is 0 Å². The minimum absolute atomic E-state index is 0.119. The number of rotatable bonds is 6. The van der Waals surface area contributed by atoms with E-state index in [9.17, 15) is 23.3 Å². The molecule has 0 aliphatic heterocycles. The van der Waals surface area contributed by atoms with Crippen LogP contribution in [-0.4, -0.2) is 19.2 Å². The Kier molecular flexibility index (Phi) is 5.43. The van der Waals surface area contributed by atoms with Crippen LogP contribution in [0.15, 0.2) is 65.6 Å². The minimum Gasteiger partial charge on any atom is -0.321 e. The Hall–Kier alpha value is -3.24. The van der Waals surface area contributed by atoms with Crippen molar-refractivity contribution in [2.24, 2.45) is 0 Å². The van der Waals surface area contributed by atoms with Crippen molar-refractivity contribution in [3.8, 4) is 0 Å². The summed E-state index contributed by atoms with van der Waals surface area (Å²) in [6.07, 6.45) is 0. The molecule has 3 rings (SSSR count). The van der Waals surface area contributed by atoms with Crippen molar-refractivity contribution in [1.29, 1.82) is 0 Å². The standard InChI is InChI=1S/C18H15N3O5S2/c1-12-2-8-15(9-3-12)28(25,26)20-14-6-4-13(5-7-14)19-18(22)16-10-11-17(27-16)21(23)24/h2-11,20H,1H3,(H,19,22). The molecule has 0 atom stereocenters. The molecule has 0 spiro atoms. The van der Waals surface area contributed by atoms with Gasteiger partial charge in [-0.2, -0.15) is 0 Å². The van der Waals surface area contributed by atoms with E-state index in [-0.39, 0.29) is 14.8 Å². The molecule has 1 amide bonds. The zero-order valence-corrected chi connectivity index (χ0v) is 16.2. The minimum atomic E-state index is -3.71. The van der Waals surface area contributed by atoms with Gasteiger partial charge in [-0.25, -0.2) is 8.42 Å². The van der Waals surface area contributed by atoms with Crippen molar-refractivity contribution >= 4 is 43.6 Å². The molecule has 28 heavy (non-hydrogen) atoms. The number of nitrogens with zero attached hydrogens (tertiary/aromatic N) is 1. The lowest BCUT2D eigenvalue weighted by Gasteiger charge is -2.09. The Morgan fingerprint density at radius 1 is 0.964 bits per heavy atom. The Morgan fingerprint density at radius 3 is 2.14 bits per heavy atom. The zero-order chi connectivity index (χ0) is 20.3. The van der Waals surface area contributed by atoms with Crippen LogP contribution in [0.3, 0.4) is 0 Å². The third-order valence-electron chi connectivity index (χ3n) is 3.72. The van der Waals surface area contributed by atoms with Gasteiger partial charge in [0, 0.05) is 17.4 Å². The maximum absolute atomic E-state index is 12.4. The smallest absolute Gasteiger partial charge is 0.321 e. The molecule has 0 bridgehead atoms. The highest BCUT2D eigenvalue weighted by Crippen LogP contribution is 2.25. The van der Waals surface area contributed by atoms with Gasteiger partial charge in [-0.15, -0.1) is 0 Å². The van der Waals surface area contributed by atoms with Crippen molar-refractivity contribution in [3.05, 3.63) is 81.2 Å². The number of benzene rings is 2. The number of hydrogen-bond acceptors (Lipinski definition) is 6. The predicted octanol–water partition coefficient (Wildman–Crippen LogP) is 4.02. The quantitative estimate of drug-likeness (QED) is 0.464. The highest BCUT2D eigenvalue weighted by molar-refractivity contribution is 7.92. The summed E-state index contributed by atoms with van der Waals surface area (Å²) in [7, 11) is -3.71. The van der Waals surface area contributed by atoms with Crippen LogP contribution >= 0.6 is 11.3 Å². The highest BCUT2D eigenvalue weighted by atomic mass is 32.2. The topological polar surface area (TPSA) is 118 Å². The van der Waals surface area contributed by atoms with Gasteiger partial charge < -0.3 is 5.32 Å². The maximum Gasteiger partial charge on any atom is 0.324 e.